The molecule has 7 heteroatoms. The summed E-state index contributed by atoms with van der Waals surface area (Å²) >= 11 is 0. The summed E-state index contributed by atoms with van der Waals surface area (Å²) < 4.78 is 40.5. The van der Waals surface area contributed by atoms with Gasteiger partial charge in [0, 0.05) is 0 Å². The number of aromatic nitrogens is 2. The van der Waals surface area contributed by atoms with E-state index in [4.69, 9.17) is 5.73 Å². The van der Waals surface area contributed by atoms with Crippen LogP contribution in [0.5, 0.6) is 0 Å². The second kappa shape index (κ2) is 3.95. The van der Waals surface area contributed by atoms with Gasteiger partial charge in [0.1, 0.15) is 0 Å². The van der Waals surface area contributed by atoms with Gasteiger partial charge < -0.3 is 10.3 Å². The molecule has 2 N–H and O–H groups in total. The van der Waals surface area contributed by atoms with E-state index >= 15 is 0 Å². The maximum absolute atomic E-state index is 12.0. The normalized spacial score (nSPS) is 14.4. The van der Waals surface area contributed by atoms with Crippen LogP contribution < -0.4 is 5.73 Å². The largest absolute Gasteiger partial charge is 0.455 e. The lowest BCUT2D eigenvalue weighted by Gasteiger charge is -2.02. The molecule has 0 radical (unpaired) electrons. The van der Waals surface area contributed by atoms with E-state index < -0.39 is 18.0 Å². The van der Waals surface area contributed by atoms with E-state index in [9.17, 15) is 13.2 Å². The quantitative estimate of drug-likeness (QED) is 0.825. The van der Waals surface area contributed by atoms with Gasteiger partial charge in [0.25, 0.3) is 5.82 Å². The van der Waals surface area contributed by atoms with Crippen molar-refractivity contribution in [2.75, 3.05) is 0 Å². The van der Waals surface area contributed by atoms with Gasteiger partial charge in [-0.15, -0.1) is 0 Å². The van der Waals surface area contributed by atoms with E-state index in [0.717, 1.165) is 6.42 Å². The molecule has 1 rings (SSSR count). The summed E-state index contributed by atoms with van der Waals surface area (Å²) in [4.78, 5) is 3.17. The Morgan fingerprint density at radius 3 is 2.57 bits per heavy atom. The highest BCUT2D eigenvalue weighted by molar-refractivity contribution is 4.94. The van der Waals surface area contributed by atoms with Gasteiger partial charge in [0.15, 0.2) is 0 Å². The maximum atomic E-state index is 12.0. The van der Waals surface area contributed by atoms with Crippen molar-refractivity contribution in [2.24, 2.45) is 5.73 Å². The van der Waals surface area contributed by atoms with Crippen molar-refractivity contribution in [3.05, 3.63) is 11.7 Å². The number of alkyl halides is 3. The van der Waals surface area contributed by atoms with E-state index in [1.165, 1.54) is 0 Å². The van der Waals surface area contributed by atoms with Gasteiger partial charge in [0.05, 0.1) is 6.04 Å². The molecule has 0 unspecified atom stereocenters. The first-order valence-electron chi connectivity index (χ1n) is 4.11. The molecule has 80 valence electrons. The van der Waals surface area contributed by atoms with Crippen LogP contribution in [-0.2, 0) is 6.18 Å². The smallest absolute Gasteiger partial charge is 0.337 e. The van der Waals surface area contributed by atoms with Gasteiger partial charge >= 0.3 is 6.18 Å². The number of hydrogen-bond donors (Lipinski definition) is 1. The minimum Gasteiger partial charge on any atom is -0.337 e. The maximum Gasteiger partial charge on any atom is 0.455 e. The van der Waals surface area contributed by atoms with Gasteiger partial charge in [-0.1, -0.05) is 18.5 Å². The molecule has 0 saturated carbocycles. The third kappa shape index (κ3) is 2.44. The summed E-state index contributed by atoms with van der Waals surface area (Å²) in [5.74, 6) is -1.45. The fourth-order valence-electron chi connectivity index (χ4n) is 0.935. The number of hydrogen-bond acceptors (Lipinski definition) is 4. The molecule has 0 aliphatic carbocycles. The van der Waals surface area contributed by atoms with Crippen molar-refractivity contribution in [1.29, 1.82) is 0 Å². The molecule has 14 heavy (non-hydrogen) atoms. The van der Waals surface area contributed by atoms with Crippen LogP contribution in [0.2, 0.25) is 0 Å². The van der Waals surface area contributed by atoms with Gasteiger partial charge in [-0.05, 0) is 6.42 Å². The number of halogens is 3. The molecule has 0 aliphatic rings. The first-order chi connectivity index (χ1) is 6.45. The Bertz CT molecular complexity index is 297. The summed E-state index contributed by atoms with van der Waals surface area (Å²) in [5, 5.41) is 2.80. The number of nitrogens with two attached hydrogens (primary N) is 1. The van der Waals surface area contributed by atoms with Gasteiger partial charge in [-0.3, -0.25) is 0 Å². The van der Waals surface area contributed by atoms with Gasteiger partial charge in [0.2, 0.25) is 5.89 Å². The summed E-state index contributed by atoms with van der Waals surface area (Å²) in [5.41, 5.74) is 5.50. The molecule has 0 bridgehead atoms. The van der Waals surface area contributed by atoms with Crippen molar-refractivity contribution < 1.29 is 17.7 Å². The monoisotopic (exact) mass is 209 g/mol. The second-order valence-electron chi connectivity index (χ2n) is 2.85. The molecule has 0 amide bonds. The molecule has 0 aliphatic heterocycles. The molecular formula is C7H10F3N3O. The molecule has 0 saturated heterocycles. The molecule has 0 aromatic carbocycles. The average molecular weight is 209 g/mol. The first kappa shape index (κ1) is 11.0. The predicted octanol–water partition coefficient (Wildman–Crippen LogP) is 1.89. The second-order valence-corrected chi connectivity index (χ2v) is 2.85. The van der Waals surface area contributed by atoms with E-state index in [2.05, 4.69) is 14.7 Å². The molecule has 1 aromatic rings. The standard InChI is InChI=1S/C7H10F3N3O/c1-2-3-4(11)5-12-6(13-14-5)7(8,9)10/h4H,2-3,11H2,1H3/t4-/m0/s1. The zero-order valence-electron chi connectivity index (χ0n) is 7.51. The average Bonchev–Trinajstić information content (AvgIpc) is 2.51. The van der Waals surface area contributed by atoms with Crippen molar-refractivity contribution >= 4 is 0 Å². The lowest BCUT2D eigenvalue weighted by Crippen LogP contribution is -2.12. The fraction of sp³-hybridized carbons (Fsp3) is 0.714. The Morgan fingerprint density at radius 1 is 1.50 bits per heavy atom. The third-order valence-corrected chi connectivity index (χ3v) is 1.61. The summed E-state index contributed by atoms with van der Waals surface area (Å²) in [6.07, 6.45) is -3.32. The topological polar surface area (TPSA) is 64.9 Å². The minimum absolute atomic E-state index is 0.167. The van der Waals surface area contributed by atoms with Crippen molar-refractivity contribution in [3.8, 4) is 0 Å². The van der Waals surface area contributed by atoms with Crippen LogP contribution in [0.3, 0.4) is 0 Å². The predicted molar refractivity (Wildman–Crippen MR) is 41.1 cm³/mol. The van der Waals surface area contributed by atoms with E-state index in [0.29, 0.717) is 6.42 Å². The Morgan fingerprint density at radius 2 is 2.14 bits per heavy atom. The first-order valence-corrected chi connectivity index (χ1v) is 4.11. The highest BCUT2D eigenvalue weighted by Gasteiger charge is 2.37. The van der Waals surface area contributed by atoms with Crippen LogP contribution in [0.15, 0.2) is 4.52 Å². The Kier molecular flexibility index (Phi) is 3.10. The lowest BCUT2D eigenvalue weighted by atomic mass is 10.2. The van der Waals surface area contributed by atoms with Crippen LogP contribution in [0.25, 0.3) is 0 Å². The molecule has 0 spiro atoms. The zero-order valence-corrected chi connectivity index (χ0v) is 7.51. The molecule has 4 nitrogen and oxygen atoms in total. The van der Waals surface area contributed by atoms with E-state index in [1.807, 2.05) is 6.92 Å². The Labute approximate surface area is 78.3 Å². The Balaban J connectivity index is 2.78. The van der Waals surface area contributed by atoms with Crippen LogP contribution in [0.4, 0.5) is 13.2 Å². The Hall–Kier alpha value is -1.11. The van der Waals surface area contributed by atoms with Crippen LogP contribution in [0, 0.1) is 0 Å². The highest BCUT2D eigenvalue weighted by Crippen LogP contribution is 2.27. The zero-order chi connectivity index (χ0) is 10.8. The molecule has 1 aromatic heterocycles. The van der Waals surface area contributed by atoms with Crippen molar-refractivity contribution in [3.63, 3.8) is 0 Å². The number of rotatable bonds is 3. The van der Waals surface area contributed by atoms with Crippen molar-refractivity contribution in [2.45, 2.75) is 32.0 Å². The molecule has 1 atom stereocenters. The summed E-state index contributed by atoms with van der Waals surface area (Å²) in [6, 6.07) is -0.622. The molecule has 0 fully saturated rings. The van der Waals surface area contributed by atoms with Crippen LogP contribution >= 0.6 is 0 Å². The van der Waals surface area contributed by atoms with Crippen LogP contribution in [0.1, 0.15) is 37.5 Å². The minimum atomic E-state index is -4.58. The summed E-state index contributed by atoms with van der Waals surface area (Å²) in [7, 11) is 0. The summed E-state index contributed by atoms with van der Waals surface area (Å²) in [6.45, 7) is 1.86. The fourth-order valence-corrected chi connectivity index (χ4v) is 0.935. The molecular weight excluding hydrogens is 199 g/mol. The lowest BCUT2D eigenvalue weighted by molar-refractivity contribution is -0.146. The SMILES string of the molecule is CCC[C@H](N)c1nc(C(F)(F)F)no1. The van der Waals surface area contributed by atoms with Gasteiger partial charge in [-0.25, -0.2) is 0 Å². The third-order valence-electron chi connectivity index (χ3n) is 1.61. The van der Waals surface area contributed by atoms with E-state index in [1.54, 1.807) is 0 Å². The van der Waals surface area contributed by atoms with Crippen molar-refractivity contribution in [1.82, 2.24) is 10.1 Å². The highest BCUT2D eigenvalue weighted by atomic mass is 19.4. The van der Waals surface area contributed by atoms with Gasteiger partial charge in [-0.2, -0.15) is 18.2 Å². The van der Waals surface area contributed by atoms with E-state index in [-0.39, 0.29) is 5.89 Å². The molecule has 1 heterocycles. The number of nitrogens with zero attached hydrogens (tertiary/aromatic N) is 2. The van der Waals surface area contributed by atoms with Crippen LogP contribution in [-0.4, -0.2) is 10.1 Å².